The van der Waals surface area contributed by atoms with E-state index >= 15 is 0 Å². The van der Waals surface area contributed by atoms with Crippen molar-refractivity contribution in [2.24, 2.45) is 0 Å². The summed E-state index contributed by atoms with van der Waals surface area (Å²) in [7, 11) is 0. The Morgan fingerprint density at radius 1 is 1.25 bits per heavy atom. The molecular formula is C11H12BrCl2FO. The molecule has 0 amide bonds. The Hall–Kier alpha value is 0.01000. The molecule has 1 aromatic carbocycles. The number of hydrogen-bond donors (Lipinski definition) is 0. The second-order valence-electron chi connectivity index (χ2n) is 3.29. The fraction of sp³-hybridized carbons (Fsp3) is 0.455. The predicted octanol–water partition coefficient (Wildman–Crippen LogP) is 5.03. The van der Waals surface area contributed by atoms with E-state index in [0.717, 1.165) is 19.3 Å². The summed E-state index contributed by atoms with van der Waals surface area (Å²) in [5.74, 6) is 0.674. The standard InChI is InChI=1S/C11H12BrCl2FO/c12-8-6-9(14)10(15)7-11(8)16-5-3-1-2-4-13/h6-7H,1-5H2. The summed E-state index contributed by atoms with van der Waals surface area (Å²) in [5.41, 5.74) is 0. The predicted molar refractivity (Wildman–Crippen MR) is 69.2 cm³/mol. The maximum Gasteiger partial charge on any atom is 0.145 e. The van der Waals surface area contributed by atoms with Crippen molar-refractivity contribution in [3.05, 3.63) is 27.4 Å². The minimum Gasteiger partial charge on any atom is -0.492 e. The monoisotopic (exact) mass is 328 g/mol. The van der Waals surface area contributed by atoms with Gasteiger partial charge >= 0.3 is 0 Å². The number of unbranched alkanes of at least 4 members (excludes halogenated alkanes) is 2. The van der Waals surface area contributed by atoms with Crippen molar-refractivity contribution >= 4 is 39.1 Å². The van der Waals surface area contributed by atoms with E-state index in [2.05, 4.69) is 15.9 Å². The summed E-state index contributed by atoms with van der Waals surface area (Å²) >= 11 is 14.4. The van der Waals surface area contributed by atoms with Crippen LogP contribution in [0.1, 0.15) is 19.3 Å². The van der Waals surface area contributed by atoms with Crippen LogP contribution in [-0.4, -0.2) is 12.5 Å². The van der Waals surface area contributed by atoms with Crippen LogP contribution in [0.4, 0.5) is 4.39 Å². The van der Waals surface area contributed by atoms with Crippen LogP contribution in [0.15, 0.2) is 16.6 Å². The van der Waals surface area contributed by atoms with Gasteiger partial charge in [-0.3, -0.25) is 0 Å². The highest BCUT2D eigenvalue weighted by atomic mass is 79.9. The summed E-state index contributed by atoms with van der Waals surface area (Å²) in [5, 5.41) is 0.0846. The smallest absolute Gasteiger partial charge is 0.145 e. The van der Waals surface area contributed by atoms with Gasteiger partial charge in [0.15, 0.2) is 0 Å². The van der Waals surface area contributed by atoms with Crippen molar-refractivity contribution in [3.8, 4) is 5.75 Å². The third-order valence-electron chi connectivity index (χ3n) is 2.01. The Balaban J connectivity index is 2.45. The molecular weight excluding hydrogens is 318 g/mol. The maximum atomic E-state index is 13.1. The van der Waals surface area contributed by atoms with E-state index in [4.69, 9.17) is 27.9 Å². The highest BCUT2D eigenvalue weighted by molar-refractivity contribution is 9.10. The molecule has 0 heterocycles. The molecule has 0 aliphatic heterocycles. The molecule has 0 fully saturated rings. The highest BCUT2D eigenvalue weighted by Crippen LogP contribution is 2.30. The van der Waals surface area contributed by atoms with Gasteiger partial charge in [-0.25, -0.2) is 4.39 Å². The van der Waals surface area contributed by atoms with Crippen LogP contribution >= 0.6 is 39.1 Å². The van der Waals surface area contributed by atoms with E-state index in [0.29, 0.717) is 22.7 Å². The van der Waals surface area contributed by atoms with Crippen LogP contribution in [0.2, 0.25) is 5.02 Å². The SMILES string of the molecule is Fc1cc(OCCCCCCl)c(Br)cc1Cl. The Morgan fingerprint density at radius 3 is 2.69 bits per heavy atom. The summed E-state index contributed by atoms with van der Waals surface area (Å²) in [6.45, 7) is 0.552. The Bertz CT molecular complexity index is 347. The molecule has 0 aromatic heterocycles. The number of alkyl halides is 1. The van der Waals surface area contributed by atoms with Crippen LogP contribution < -0.4 is 4.74 Å². The molecule has 1 rings (SSSR count). The number of benzene rings is 1. The van der Waals surface area contributed by atoms with E-state index in [1.54, 1.807) is 0 Å². The fourth-order valence-corrected chi connectivity index (χ4v) is 2.11. The van der Waals surface area contributed by atoms with E-state index in [9.17, 15) is 4.39 Å². The first-order chi connectivity index (χ1) is 7.65. The molecule has 1 aromatic rings. The second kappa shape index (κ2) is 7.36. The molecule has 0 aliphatic carbocycles. The summed E-state index contributed by atoms with van der Waals surface area (Å²) in [4.78, 5) is 0. The quantitative estimate of drug-likeness (QED) is 0.404. The van der Waals surface area contributed by atoms with Gasteiger partial charge in [0.1, 0.15) is 11.6 Å². The number of hydrogen-bond acceptors (Lipinski definition) is 1. The summed E-state index contributed by atoms with van der Waals surface area (Å²) < 4.78 is 19.2. The van der Waals surface area contributed by atoms with Gasteiger partial charge in [0.2, 0.25) is 0 Å². The third kappa shape index (κ3) is 4.48. The van der Waals surface area contributed by atoms with Gasteiger partial charge < -0.3 is 4.74 Å². The van der Waals surface area contributed by atoms with Crippen LogP contribution in [-0.2, 0) is 0 Å². The lowest BCUT2D eigenvalue weighted by Gasteiger charge is -2.08. The molecule has 0 saturated heterocycles. The van der Waals surface area contributed by atoms with E-state index in [1.807, 2.05) is 0 Å². The second-order valence-corrected chi connectivity index (χ2v) is 4.93. The zero-order chi connectivity index (χ0) is 12.0. The van der Waals surface area contributed by atoms with Crippen molar-refractivity contribution in [2.45, 2.75) is 19.3 Å². The van der Waals surface area contributed by atoms with Crippen molar-refractivity contribution in [3.63, 3.8) is 0 Å². The van der Waals surface area contributed by atoms with Gasteiger partial charge in [-0.2, -0.15) is 0 Å². The molecule has 0 bridgehead atoms. The average molecular weight is 330 g/mol. The topological polar surface area (TPSA) is 9.23 Å². The van der Waals surface area contributed by atoms with Gasteiger partial charge in [0.05, 0.1) is 16.1 Å². The zero-order valence-corrected chi connectivity index (χ0v) is 11.7. The third-order valence-corrected chi connectivity index (χ3v) is 3.19. The lowest BCUT2D eigenvalue weighted by atomic mass is 10.2. The molecule has 0 atom stereocenters. The first-order valence-corrected chi connectivity index (χ1v) is 6.69. The number of halogens is 4. The van der Waals surface area contributed by atoms with Crippen LogP contribution in [0, 0.1) is 5.82 Å². The Morgan fingerprint density at radius 2 is 2.00 bits per heavy atom. The van der Waals surface area contributed by atoms with Gasteiger partial charge in [-0.1, -0.05) is 11.6 Å². The van der Waals surface area contributed by atoms with Crippen molar-refractivity contribution in [2.75, 3.05) is 12.5 Å². The lowest BCUT2D eigenvalue weighted by molar-refractivity contribution is 0.303. The maximum absolute atomic E-state index is 13.1. The number of ether oxygens (including phenoxy) is 1. The van der Waals surface area contributed by atoms with Crippen LogP contribution in [0.3, 0.4) is 0 Å². The Labute approximate surface area is 113 Å². The summed E-state index contributed by atoms with van der Waals surface area (Å²) in [6, 6.07) is 2.78. The Kier molecular flexibility index (Phi) is 6.47. The molecule has 90 valence electrons. The van der Waals surface area contributed by atoms with Crippen molar-refractivity contribution in [1.82, 2.24) is 0 Å². The molecule has 0 unspecified atom stereocenters. The average Bonchev–Trinajstić information content (AvgIpc) is 2.25. The molecule has 0 aliphatic rings. The van der Waals surface area contributed by atoms with Gasteiger partial charge in [-0.15, -0.1) is 11.6 Å². The largest absolute Gasteiger partial charge is 0.492 e. The highest BCUT2D eigenvalue weighted by Gasteiger charge is 2.07. The normalized spacial score (nSPS) is 10.5. The molecule has 0 spiro atoms. The molecule has 5 heteroatoms. The molecule has 0 radical (unpaired) electrons. The van der Waals surface area contributed by atoms with Gasteiger partial charge in [-0.05, 0) is 41.3 Å². The van der Waals surface area contributed by atoms with Crippen molar-refractivity contribution in [1.29, 1.82) is 0 Å². The van der Waals surface area contributed by atoms with E-state index in [-0.39, 0.29) is 5.02 Å². The minimum atomic E-state index is -0.472. The van der Waals surface area contributed by atoms with Crippen molar-refractivity contribution < 1.29 is 9.13 Å². The first-order valence-electron chi connectivity index (χ1n) is 4.98. The summed E-state index contributed by atoms with van der Waals surface area (Å²) in [6.07, 6.45) is 2.89. The van der Waals surface area contributed by atoms with E-state index < -0.39 is 5.82 Å². The molecule has 1 nitrogen and oxygen atoms in total. The number of rotatable bonds is 6. The van der Waals surface area contributed by atoms with Crippen LogP contribution in [0.25, 0.3) is 0 Å². The van der Waals surface area contributed by atoms with Crippen LogP contribution in [0.5, 0.6) is 5.75 Å². The molecule has 0 saturated carbocycles. The molecule has 0 N–H and O–H groups in total. The fourth-order valence-electron chi connectivity index (χ4n) is 1.17. The molecule has 16 heavy (non-hydrogen) atoms. The van der Waals surface area contributed by atoms with E-state index in [1.165, 1.54) is 12.1 Å². The zero-order valence-electron chi connectivity index (χ0n) is 8.61. The lowest BCUT2D eigenvalue weighted by Crippen LogP contribution is -1.98. The minimum absolute atomic E-state index is 0.0846. The first kappa shape index (κ1) is 14.1. The van der Waals surface area contributed by atoms with Gasteiger partial charge in [0.25, 0.3) is 0 Å². The van der Waals surface area contributed by atoms with Gasteiger partial charge in [0, 0.05) is 11.9 Å².